The van der Waals surface area contributed by atoms with Crippen LogP contribution in [-0.4, -0.2) is 47.1 Å². The number of amides is 1. The fraction of sp³-hybridized carbons (Fsp3) is 0.750. The number of nitrogens with two attached hydrogens (primary N) is 1. The first kappa shape index (κ1) is 12.3. The molecule has 0 bridgehead atoms. The van der Waals surface area contributed by atoms with Crippen molar-refractivity contribution in [2.75, 3.05) is 13.1 Å². The number of carboxylic acids is 1. The number of hydrogen-bond donors (Lipinski definition) is 2. The number of carboxylic acid groups (broad SMARTS) is 1. The minimum Gasteiger partial charge on any atom is -0.480 e. The molecule has 2 atom stereocenters. The molecule has 0 spiro atoms. The molecular weight excluding hydrogens is 214 g/mol. The highest BCUT2D eigenvalue weighted by Gasteiger charge is 2.27. The lowest BCUT2D eigenvalue weighted by molar-refractivity contribution is -0.142. The van der Waals surface area contributed by atoms with Crippen molar-refractivity contribution in [1.82, 2.24) is 4.90 Å². The van der Waals surface area contributed by atoms with Crippen molar-refractivity contribution in [3.05, 3.63) is 10.4 Å². The molecule has 0 aromatic carbocycles. The maximum absolute atomic E-state index is 11.6. The van der Waals surface area contributed by atoms with E-state index in [1.807, 2.05) is 0 Å². The van der Waals surface area contributed by atoms with E-state index in [0.717, 1.165) is 0 Å². The largest absolute Gasteiger partial charge is 0.480 e. The summed E-state index contributed by atoms with van der Waals surface area (Å²) < 4.78 is 0. The highest BCUT2D eigenvalue weighted by Crippen LogP contribution is 2.14. The number of likely N-dealkylation sites (tertiary alicyclic amines) is 1. The zero-order valence-electron chi connectivity index (χ0n) is 8.61. The van der Waals surface area contributed by atoms with Crippen LogP contribution in [0.3, 0.4) is 0 Å². The molecule has 88 valence electrons. The number of carbonyl (C=O) groups is 2. The maximum atomic E-state index is 11.6. The van der Waals surface area contributed by atoms with Crippen molar-refractivity contribution in [3.8, 4) is 0 Å². The Morgan fingerprint density at radius 2 is 2.38 bits per heavy atom. The number of hydrogen-bond acceptors (Lipinski definition) is 4. The molecule has 16 heavy (non-hydrogen) atoms. The van der Waals surface area contributed by atoms with Crippen LogP contribution in [0.5, 0.6) is 0 Å². The lowest BCUT2D eigenvalue weighted by Crippen LogP contribution is -2.38. The van der Waals surface area contributed by atoms with Crippen molar-refractivity contribution >= 4 is 11.9 Å². The molecule has 0 saturated carbocycles. The van der Waals surface area contributed by atoms with Crippen LogP contribution in [0, 0.1) is 0 Å². The van der Waals surface area contributed by atoms with E-state index < -0.39 is 12.0 Å². The molecule has 8 nitrogen and oxygen atoms in total. The molecule has 3 N–H and O–H groups in total. The van der Waals surface area contributed by atoms with E-state index in [4.69, 9.17) is 16.4 Å². The molecule has 1 aliphatic heterocycles. The topological polar surface area (TPSA) is 132 Å². The zero-order chi connectivity index (χ0) is 12.1. The van der Waals surface area contributed by atoms with Gasteiger partial charge >= 0.3 is 5.97 Å². The van der Waals surface area contributed by atoms with Crippen LogP contribution in [-0.2, 0) is 9.59 Å². The summed E-state index contributed by atoms with van der Waals surface area (Å²) in [5.74, 6) is -1.51. The molecule has 1 fully saturated rings. The summed E-state index contributed by atoms with van der Waals surface area (Å²) in [5.41, 5.74) is 13.5. The van der Waals surface area contributed by atoms with Gasteiger partial charge in [-0.25, -0.2) is 0 Å². The van der Waals surface area contributed by atoms with Crippen LogP contribution >= 0.6 is 0 Å². The Morgan fingerprint density at radius 3 is 2.94 bits per heavy atom. The molecular formula is C8H13N5O3. The summed E-state index contributed by atoms with van der Waals surface area (Å²) in [4.78, 5) is 26.2. The summed E-state index contributed by atoms with van der Waals surface area (Å²) >= 11 is 0. The summed E-state index contributed by atoms with van der Waals surface area (Å²) in [5, 5.41) is 12.1. The summed E-state index contributed by atoms with van der Waals surface area (Å²) in [6.07, 6.45) is 0.385. The average Bonchev–Trinajstić information content (AvgIpc) is 2.66. The van der Waals surface area contributed by atoms with Gasteiger partial charge < -0.3 is 15.7 Å². The van der Waals surface area contributed by atoms with Crippen LogP contribution in [0.4, 0.5) is 0 Å². The Labute approximate surface area is 91.6 Å². The van der Waals surface area contributed by atoms with E-state index in [-0.39, 0.29) is 18.4 Å². The quantitative estimate of drug-likeness (QED) is 0.387. The lowest BCUT2D eigenvalue weighted by Gasteiger charge is -2.16. The van der Waals surface area contributed by atoms with Gasteiger partial charge in [0, 0.05) is 18.0 Å². The molecule has 0 aromatic heterocycles. The second-order valence-corrected chi connectivity index (χ2v) is 3.64. The van der Waals surface area contributed by atoms with E-state index in [9.17, 15) is 9.59 Å². The Hall–Kier alpha value is -1.79. The minimum absolute atomic E-state index is 0.213. The fourth-order valence-electron chi connectivity index (χ4n) is 1.54. The number of rotatable bonds is 4. The van der Waals surface area contributed by atoms with Gasteiger partial charge in [-0.1, -0.05) is 5.11 Å². The standard InChI is InChI=1S/C8H13N5O3/c9-6(8(15)16)3-7(14)13-2-1-5(4-13)11-12-10/h5-6H,1-4,9H2,(H,15,16)/t5?,6-/m0/s1. The number of aliphatic carboxylic acids is 1. The SMILES string of the molecule is [N-]=[N+]=NC1CCN(C(=O)C[C@H](N)C(=O)O)C1. The van der Waals surface area contributed by atoms with Crippen molar-refractivity contribution in [3.63, 3.8) is 0 Å². The molecule has 1 unspecified atom stereocenters. The Bertz CT molecular complexity index is 339. The predicted octanol–water partition coefficient (Wildman–Crippen LogP) is -0.300. The molecule has 8 heteroatoms. The Kier molecular flexibility index (Phi) is 4.10. The fourth-order valence-corrected chi connectivity index (χ4v) is 1.54. The van der Waals surface area contributed by atoms with Gasteiger partial charge in [-0.15, -0.1) is 0 Å². The van der Waals surface area contributed by atoms with Crippen LogP contribution in [0.1, 0.15) is 12.8 Å². The number of carbonyl (C=O) groups excluding carboxylic acids is 1. The summed E-state index contributed by atoms with van der Waals surface area (Å²) in [7, 11) is 0. The van der Waals surface area contributed by atoms with Crippen LogP contribution in [0.15, 0.2) is 5.11 Å². The van der Waals surface area contributed by atoms with Gasteiger partial charge in [-0.3, -0.25) is 9.59 Å². The van der Waals surface area contributed by atoms with E-state index >= 15 is 0 Å². The number of azide groups is 1. The van der Waals surface area contributed by atoms with Gasteiger partial charge in [-0.2, -0.15) is 0 Å². The molecule has 1 saturated heterocycles. The van der Waals surface area contributed by atoms with Crippen LogP contribution < -0.4 is 5.73 Å². The van der Waals surface area contributed by atoms with E-state index in [0.29, 0.717) is 19.5 Å². The number of nitrogens with zero attached hydrogens (tertiary/aromatic N) is 4. The van der Waals surface area contributed by atoms with Crippen molar-refractivity contribution in [2.45, 2.75) is 24.9 Å². The molecule has 1 rings (SSSR count). The predicted molar refractivity (Wildman–Crippen MR) is 54.4 cm³/mol. The first-order chi connectivity index (χ1) is 7.54. The van der Waals surface area contributed by atoms with Crippen molar-refractivity contribution in [2.24, 2.45) is 10.8 Å². The zero-order valence-corrected chi connectivity index (χ0v) is 8.61. The molecule has 0 aromatic rings. The van der Waals surface area contributed by atoms with Gasteiger partial charge in [0.2, 0.25) is 5.91 Å². The molecule has 1 aliphatic rings. The van der Waals surface area contributed by atoms with E-state index in [1.54, 1.807) is 0 Å². The lowest BCUT2D eigenvalue weighted by atomic mass is 10.2. The summed E-state index contributed by atoms with van der Waals surface area (Å²) in [6.45, 7) is 0.824. The first-order valence-electron chi connectivity index (χ1n) is 4.85. The second-order valence-electron chi connectivity index (χ2n) is 3.64. The van der Waals surface area contributed by atoms with Crippen molar-refractivity contribution in [1.29, 1.82) is 0 Å². The van der Waals surface area contributed by atoms with Crippen LogP contribution in [0.2, 0.25) is 0 Å². The Balaban J connectivity index is 2.45. The molecule has 1 heterocycles. The van der Waals surface area contributed by atoms with Gasteiger partial charge in [0.05, 0.1) is 12.5 Å². The second kappa shape index (κ2) is 5.34. The molecule has 0 aliphatic carbocycles. The average molecular weight is 227 g/mol. The monoisotopic (exact) mass is 227 g/mol. The third-order valence-electron chi connectivity index (χ3n) is 2.44. The third kappa shape index (κ3) is 3.11. The smallest absolute Gasteiger partial charge is 0.321 e. The van der Waals surface area contributed by atoms with Crippen molar-refractivity contribution < 1.29 is 14.7 Å². The first-order valence-corrected chi connectivity index (χ1v) is 4.85. The van der Waals surface area contributed by atoms with E-state index in [1.165, 1.54) is 4.90 Å². The maximum Gasteiger partial charge on any atom is 0.321 e. The van der Waals surface area contributed by atoms with Gasteiger partial charge in [0.15, 0.2) is 0 Å². The third-order valence-corrected chi connectivity index (χ3v) is 2.44. The molecule has 0 radical (unpaired) electrons. The minimum atomic E-state index is -1.20. The van der Waals surface area contributed by atoms with Gasteiger partial charge in [-0.05, 0) is 12.0 Å². The summed E-state index contributed by atoms with van der Waals surface area (Å²) in [6, 6.07) is -1.39. The highest BCUT2D eigenvalue weighted by molar-refractivity contribution is 5.84. The van der Waals surface area contributed by atoms with Gasteiger partial charge in [0.1, 0.15) is 6.04 Å². The molecule has 1 amide bonds. The van der Waals surface area contributed by atoms with Crippen LogP contribution in [0.25, 0.3) is 10.4 Å². The Morgan fingerprint density at radius 1 is 1.69 bits per heavy atom. The normalized spacial score (nSPS) is 21.3. The van der Waals surface area contributed by atoms with E-state index in [2.05, 4.69) is 10.0 Å². The highest BCUT2D eigenvalue weighted by atomic mass is 16.4. The van der Waals surface area contributed by atoms with Gasteiger partial charge in [0.25, 0.3) is 0 Å².